The summed E-state index contributed by atoms with van der Waals surface area (Å²) in [5.74, 6) is 1.63. The van der Waals surface area contributed by atoms with Gasteiger partial charge in [-0.15, -0.1) is 12.4 Å². The lowest BCUT2D eigenvalue weighted by Crippen LogP contribution is -2.56. The molecule has 2 aliphatic heterocycles. The third-order valence-corrected chi connectivity index (χ3v) is 7.51. The third-order valence-electron chi connectivity index (χ3n) is 7.51. The van der Waals surface area contributed by atoms with Crippen LogP contribution in [0.1, 0.15) is 24.0 Å². The number of nitrogens with one attached hydrogen (secondary N) is 1. The standard InChI is InChI=1S/C28H40N4O2.ClH/c1-29-27(24-13-16-30(17-14-24)15-12-23-8-4-3-5-9-23)28(33)32-20-18-31(19-21-32)22-25-10-6-7-11-26(25)34-2;/h3-11,24,27,29H,12-22H2,1-2H3;1H. The van der Waals surface area contributed by atoms with Crippen LogP contribution in [0, 0.1) is 5.92 Å². The molecule has 35 heavy (non-hydrogen) atoms. The van der Waals surface area contributed by atoms with Gasteiger partial charge < -0.3 is 19.9 Å². The molecule has 192 valence electrons. The summed E-state index contributed by atoms with van der Waals surface area (Å²) in [6.07, 6.45) is 3.26. The van der Waals surface area contributed by atoms with Gasteiger partial charge in [-0.05, 0) is 56.9 Å². The van der Waals surface area contributed by atoms with Gasteiger partial charge >= 0.3 is 0 Å². The summed E-state index contributed by atoms with van der Waals surface area (Å²) in [6, 6.07) is 18.8. The molecular weight excluding hydrogens is 460 g/mol. The van der Waals surface area contributed by atoms with Gasteiger partial charge in [0.15, 0.2) is 0 Å². The number of methoxy groups -OCH3 is 1. The van der Waals surface area contributed by atoms with E-state index in [1.165, 1.54) is 11.1 Å². The highest BCUT2D eigenvalue weighted by Crippen LogP contribution is 2.24. The lowest BCUT2D eigenvalue weighted by atomic mass is 9.88. The fraction of sp³-hybridized carbons (Fsp3) is 0.536. The number of halogens is 1. The Morgan fingerprint density at radius 3 is 2.26 bits per heavy atom. The Morgan fingerprint density at radius 2 is 1.60 bits per heavy atom. The maximum absolute atomic E-state index is 13.4. The average molecular weight is 501 g/mol. The number of carbonyl (C=O) groups excluding carboxylic acids is 1. The van der Waals surface area contributed by atoms with Crippen LogP contribution in [0.2, 0.25) is 0 Å². The molecule has 7 heteroatoms. The first-order valence-electron chi connectivity index (χ1n) is 12.7. The fourth-order valence-electron chi connectivity index (χ4n) is 5.40. The van der Waals surface area contributed by atoms with Gasteiger partial charge in [0, 0.05) is 44.8 Å². The van der Waals surface area contributed by atoms with E-state index in [-0.39, 0.29) is 24.4 Å². The maximum atomic E-state index is 13.4. The van der Waals surface area contributed by atoms with Crippen molar-refractivity contribution in [2.24, 2.45) is 5.92 Å². The molecule has 0 bridgehead atoms. The van der Waals surface area contributed by atoms with Crippen molar-refractivity contribution in [1.29, 1.82) is 0 Å². The predicted molar refractivity (Wildman–Crippen MR) is 144 cm³/mol. The van der Waals surface area contributed by atoms with Crippen molar-refractivity contribution in [3.8, 4) is 5.75 Å². The first-order valence-corrected chi connectivity index (χ1v) is 12.7. The van der Waals surface area contributed by atoms with E-state index in [4.69, 9.17) is 4.74 Å². The molecule has 0 saturated carbocycles. The van der Waals surface area contributed by atoms with E-state index in [1.54, 1.807) is 7.11 Å². The van der Waals surface area contributed by atoms with Crippen LogP contribution in [-0.2, 0) is 17.8 Å². The molecule has 2 aromatic carbocycles. The van der Waals surface area contributed by atoms with Crippen molar-refractivity contribution < 1.29 is 9.53 Å². The van der Waals surface area contributed by atoms with Crippen molar-refractivity contribution in [1.82, 2.24) is 20.0 Å². The van der Waals surface area contributed by atoms with E-state index in [9.17, 15) is 4.79 Å². The molecule has 4 rings (SSSR count). The van der Waals surface area contributed by atoms with Crippen LogP contribution in [0.4, 0.5) is 0 Å². The Hall–Kier alpha value is -2.12. The Bertz CT molecular complexity index is 897. The largest absolute Gasteiger partial charge is 0.496 e. The van der Waals surface area contributed by atoms with Crippen molar-refractivity contribution in [2.45, 2.75) is 31.8 Å². The molecule has 0 radical (unpaired) electrons. The monoisotopic (exact) mass is 500 g/mol. The first-order chi connectivity index (χ1) is 16.7. The summed E-state index contributed by atoms with van der Waals surface area (Å²) in [7, 11) is 3.67. The Labute approximate surface area is 217 Å². The SMILES string of the molecule is CNC(C(=O)N1CCN(Cc2ccccc2OC)CC1)C1CCN(CCc2ccccc2)CC1.Cl. The first kappa shape index (κ1) is 27.5. The number of hydrogen-bond donors (Lipinski definition) is 1. The Morgan fingerprint density at radius 1 is 0.943 bits per heavy atom. The summed E-state index contributed by atoms with van der Waals surface area (Å²) < 4.78 is 5.50. The minimum Gasteiger partial charge on any atom is -0.496 e. The van der Waals surface area contributed by atoms with Crippen molar-refractivity contribution >= 4 is 18.3 Å². The topological polar surface area (TPSA) is 48.1 Å². The van der Waals surface area contributed by atoms with Crippen LogP contribution >= 0.6 is 12.4 Å². The number of ether oxygens (including phenoxy) is 1. The second-order valence-electron chi connectivity index (χ2n) is 9.59. The number of piperidine rings is 1. The minimum atomic E-state index is -0.0722. The zero-order chi connectivity index (χ0) is 23.8. The van der Waals surface area contributed by atoms with Gasteiger partial charge in [0.2, 0.25) is 5.91 Å². The summed E-state index contributed by atoms with van der Waals surface area (Å²) in [4.78, 5) is 20.4. The number of para-hydroxylation sites is 1. The molecule has 2 aliphatic rings. The lowest BCUT2D eigenvalue weighted by Gasteiger charge is -2.40. The van der Waals surface area contributed by atoms with E-state index in [0.717, 1.165) is 77.4 Å². The number of likely N-dealkylation sites (tertiary alicyclic amines) is 1. The van der Waals surface area contributed by atoms with Gasteiger partial charge in [0.1, 0.15) is 5.75 Å². The quantitative estimate of drug-likeness (QED) is 0.572. The molecule has 2 fully saturated rings. The van der Waals surface area contributed by atoms with Crippen LogP contribution in [-0.4, -0.2) is 86.6 Å². The molecule has 2 saturated heterocycles. The van der Waals surface area contributed by atoms with Crippen molar-refractivity contribution in [3.63, 3.8) is 0 Å². The van der Waals surface area contributed by atoms with Gasteiger partial charge in [0.05, 0.1) is 13.2 Å². The van der Waals surface area contributed by atoms with Gasteiger partial charge in [-0.25, -0.2) is 0 Å². The van der Waals surface area contributed by atoms with Gasteiger partial charge in [0.25, 0.3) is 0 Å². The zero-order valence-electron chi connectivity index (χ0n) is 21.2. The van der Waals surface area contributed by atoms with Crippen LogP contribution in [0.15, 0.2) is 54.6 Å². The zero-order valence-corrected chi connectivity index (χ0v) is 22.0. The normalized spacial score (nSPS) is 18.6. The molecule has 1 amide bonds. The second-order valence-corrected chi connectivity index (χ2v) is 9.59. The van der Waals surface area contributed by atoms with E-state index < -0.39 is 0 Å². The second kappa shape index (κ2) is 13.8. The third kappa shape index (κ3) is 7.43. The van der Waals surface area contributed by atoms with Gasteiger partial charge in [-0.1, -0.05) is 48.5 Å². The molecule has 0 spiro atoms. The number of likely N-dealkylation sites (N-methyl/N-ethyl adjacent to an activating group) is 1. The average Bonchev–Trinajstić information content (AvgIpc) is 2.90. The fourth-order valence-corrected chi connectivity index (χ4v) is 5.40. The molecule has 2 aromatic rings. The highest BCUT2D eigenvalue weighted by atomic mass is 35.5. The van der Waals surface area contributed by atoms with E-state index in [0.29, 0.717) is 5.92 Å². The number of hydrogen-bond acceptors (Lipinski definition) is 5. The summed E-state index contributed by atoms with van der Waals surface area (Å²) in [5, 5.41) is 3.37. The molecular formula is C28H41ClN4O2. The van der Waals surface area contributed by atoms with Crippen LogP contribution in [0.5, 0.6) is 5.75 Å². The number of piperazine rings is 1. The van der Waals surface area contributed by atoms with E-state index in [1.807, 2.05) is 19.2 Å². The van der Waals surface area contributed by atoms with Crippen LogP contribution in [0.25, 0.3) is 0 Å². The van der Waals surface area contributed by atoms with E-state index in [2.05, 4.69) is 62.5 Å². The van der Waals surface area contributed by atoms with Gasteiger partial charge in [-0.3, -0.25) is 9.69 Å². The van der Waals surface area contributed by atoms with Crippen molar-refractivity contribution in [3.05, 3.63) is 65.7 Å². The number of benzene rings is 2. The molecule has 1 N–H and O–H groups in total. The number of rotatable bonds is 9. The summed E-state index contributed by atoms with van der Waals surface area (Å²) >= 11 is 0. The number of amides is 1. The predicted octanol–water partition coefficient (Wildman–Crippen LogP) is 3.30. The minimum absolute atomic E-state index is 0. The maximum Gasteiger partial charge on any atom is 0.240 e. The highest BCUT2D eigenvalue weighted by molar-refractivity contribution is 5.85. The lowest BCUT2D eigenvalue weighted by molar-refractivity contribution is -0.137. The molecule has 1 unspecified atom stereocenters. The Kier molecular flexibility index (Phi) is 10.9. The molecule has 0 aliphatic carbocycles. The van der Waals surface area contributed by atoms with Gasteiger partial charge in [-0.2, -0.15) is 0 Å². The number of nitrogens with zero attached hydrogens (tertiary/aromatic N) is 3. The Balaban J connectivity index is 0.00000342. The van der Waals surface area contributed by atoms with Crippen LogP contribution in [0.3, 0.4) is 0 Å². The molecule has 6 nitrogen and oxygen atoms in total. The number of carbonyl (C=O) groups is 1. The van der Waals surface area contributed by atoms with Crippen molar-refractivity contribution in [2.75, 3.05) is 60.0 Å². The molecule has 2 heterocycles. The molecule has 0 aromatic heterocycles. The van der Waals surface area contributed by atoms with Crippen LogP contribution < -0.4 is 10.1 Å². The molecule has 1 atom stereocenters. The summed E-state index contributed by atoms with van der Waals surface area (Å²) in [5.41, 5.74) is 2.61. The highest BCUT2D eigenvalue weighted by Gasteiger charge is 2.34. The smallest absolute Gasteiger partial charge is 0.240 e. The van der Waals surface area contributed by atoms with E-state index >= 15 is 0 Å². The summed E-state index contributed by atoms with van der Waals surface area (Å²) in [6.45, 7) is 7.51.